The first-order valence-electron chi connectivity index (χ1n) is 6.90. The molecule has 1 N–H and O–H groups in total. The fourth-order valence-electron chi connectivity index (χ4n) is 2.64. The first kappa shape index (κ1) is 12.1. The Labute approximate surface area is 109 Å². The molecule has 0 aliphatic carbocycles. The van der Waals surface area contributed by atoms with Gasteiger partial charge in [-0.1, -0.05) is 6.07 Å². The van der Waals surface area contributed by atoms with E-state index in [1.165, 1.54) is 50.5 Å². The standard InChI is InChI=1S/C14H22N4/c1-12-2-3-13(16-8-12)11-17-4-6-18(7-5-17)14-9-15-10-14/h2-3,8,14-15H,4-7,9-11H2,1H3. The van der Waals surface area contributed by atoms with Crippen LogP contribution in [0.2, 0.25) is 0 Å². The number of rotatable bonds is 3. The van der Waals surface area contributed by atoms with Crippen LogP contribution in [0.5, 0.6) is 0 Å². The third-order valence-corrected chi connectivity index (χ3v) is 4.04. The first-order chi connectivity index (χ1) is 8.81. The maximum atomic E-state index is 4.49. The van der Waals surface area contributed by atoms with E-state index in [0.717, 1.165) is 12.6 Å². The van der Waals surface area contributed by atoms with Gasteiger partial charge in [0.05, 0.1) is 5.69 Å². The summed E-state index contributed by atoms with van der Waals surface area (Å²) >= 11 is 0. The van der Waals surface area contributed by atoms with Gasteiger partial charge in [0.2, 0.25) is 0 Å². The van der Waals surface area contributed by atoms with E-state index in [-0.39, 0.29) is 0 Å². The van der Waals surface area contributed by atoms with Crippen LogP contribution in [-0.2, 0) is 6.54 Å². The van der Waals surface area contributed by atoms with Crippen LogP contribution in [-0.4, -0.2) is 60.1 Å². The van der Waals surface area contributed by atoms with Gasteiger partial charge in [0.1, 0.15) is 0 Å². The largest absolute Gasteiger partial charge is 0.314 e. The SMILES string of the molecule is Cc1ccc(CN2CCN(C3CNC3)CC2)nc1. The van der Waals surface area contributed by atoms with Crippen molar-refractivity contribution in [2.24, 2.45) is 0 Å². The van der Waals surface area contributed by atoms with E-state index in [9.17, 15) is 0 Å². The Hall–Kier alpha value is -0.970. The van der Waals surface area contributed by atoms with Crippen LogP contribution in [0.4, 0.5) is 0 Å². The van der Waals surface area contributed by atoms with Crippen LogP contribution in [0.15, 0.2) is 18.3 Å². The van der Waals surface area contributed by atoms with Crippen molar-refractivity contribution in [1.29, 1.82) is 0 Å². The molecule has 2 aliphatic heterocycles. The van der Waals surface area contributed by atoms with Crippen LogP contribution in [0.25, 0.3) is 0 Å². The van der Waals surface area contributed by atoms with Gasteiger partial charge in [0.25, 0.3) is 0 Å². The number of hydrogen-bond donors (Lipinski definition) is 1. The van der Waals surface area contributed by atoms with Crippen molar-refractivity contribution < 1.29 is 0 Å². The summed E-state index contributed by atoms with van der Waals surface area (Å²) < 4.78 is 0. The van der Waals surface area contributed by atoms with Gasteiger partial charge in [-0.25, -0.2) is 0 Å². The zero-order valence-electron chi connectivity index (χ0n) is 11.1. The Bertz CT molecular complexity index is 377. The molecule has 1 aromatic heterocycles. The summed E-state index contributed by atoms with van der Waals surface area (Å²) in [6.45, 7) is 10.2. The highest BCUT2D eigenvalue weighted by atomic mass is 15.3. The highest BCUT2D eigenvalue weighted by molar-refractivity contribution is 5.12. The van der Waals surface area contributed by atoms with Crippen molar-refractivity contribution in [2.45, 2.75) is 19.5 Å². The highest BCUT2D eigenvalue weighted by Crippen LogP contribution is 2.11. The summed E-state index contributed by atoms with van der Waals surface area (Å²) in [6, 6.07) is 5.10. The van der Waals surface area contributed by atoms with Crippen molar-refractivity contribution in [3.8, 4) is 0 Å². The van der Waals surface area contributed by atoms with E-state index in [1.54, 1.807) is 0 Å². The molecular weight excluding hydrogens is 224 g/mol. The molecular formula is C14H22N4. The Balaban J connectivity index is 1.48. The van der Waals surface area contributed by atoms with Crippen LogP contribution < -0.4 is 5.32 Å². The third kappa shape index (κ3) is 2.71. The van der Waals surface area contributed by atoms with Crippen LogP contribution in [0, 0.1) is 6.92 Å². The Kier molecular flexibility index (Phi) is 3.59. The summed E-state index contributed by atoms with van der Waals surface area (Å²) in [5, 5.41) is 3.35. The second-order valence-electron chi connectivity index (χ2n) is 5.45. The van der Waals surface area contributed by atoms with Gasteiger partial charge in [-0.2, -0.15) is 0 Å². The minimum absolute atomic E-state index is 0.796. The molecule has 3 heterocycles. The second kappa shape index (κ2) is 5.34. The van der Waals surface area contributed by atoms with Crippen LogP contribution in [0.3, 0.4) is 0 Å². The highest BCUT2D eigenvalue weighted by Gasteiger charge is 2.27. The minimum Gasteiger partial charge on any atom is -0.314 e. The van der Waals surface area contributed by atoms with Crippen molar-refractivity contribution in [2.75, 3.05) is 39.3 Å². The molecule has 2 fully saturated rings. The normalized spacial score (nSPS) is 22.9. The quantitative estimate of drug-likeness (QED) is 0.840. The number of nitrogens with one attached hydrogen (secondary N) is 1. The average Bonchev–Trinajstić information content (AvgIpc) is 2.32. The van der Waals surface area contributed by atoms with Crippen molar-refractivity contribution in [3.05, 3.63) is 29.6 Å². The molecule has 0 saturated carbocycles. The molecule has 0 amide bonds. The van der Waals surface area contributed by atoms with Crippen molar-refractivity contribution in [3.63, 3.8) is 0 Å². The van der Waals surface area contributed by atoms with Gasteiger partial charge in [-0.15, -0.1) is 0 Å². The summed E-state index contributed by atoms with van der Waals surface area (Å²) in [6.07, 6.45) is 1.96. The molecule has 2 saturated heterocycles. The summed E-state index contributed by atoms with van der Waals surface area (Å²) in [4.78, 5) is 9.62. The average molecular weight is 246 g/mol. The number of aromatic nitrogens is 1. The van der Waals surface area contributed by atoms with E-state index in [2.05, 4.69) is 39.2 Å². The molecule has 98 valence electrons. The summed E-state index contributed by atoms with van der Waals surface area (Å²) in [5.41, 5.74) is 2.43. The molecule has 0 radical (unpaired) electrons. The van der Waals surface area contributed by atoms with Gasteiger partial charge in [-0.05, 0) is 18.6 Å². The maximum Gasteiger partial charge on any atom is 0.0544 e. The lowest BCUT2D eigenvalue weighted by molar-refractivity contribution is 0.0690. The summed E-state index contributed by atoms with van der Waals surface area (Å²) in [5.74, 6) is 0. The number of hydrogen-bond acceptors (Lipinski definition) is 4. The number of pyridine rings is 1. The molecule has 0 atom stereocenters. The van der Waals surface area contributed by atoms with Gasteiger partial charge in [0.15, 0.2) is 0 Å². The fraction of sp³-hybridized carbons (Fsp3) is 0.643. The third-order valence-electron chi connectivity index (χ3n) is 4.04. The van der Waals surface area contributed by atoms with Gasteiger partial charge in [-0.3, -0.25) is 14.8 Å². The Morgan fingerprint density at radius 2 is 2.00 bits per heavy atom. The number of piperazine rings is 1. The molecule has 0 unspecified atom stereocenters. The first-order valence-corrected chi connectivity index (χ1v) is 6.90. The smallest absolute Gasteiger partial charge is 0.0544 e. The molecule has 0 bridgehead atoms. The van der Waals surface area contributed by atoms with E-state index < -0.39 is 0 Å². The summed E-state index contributed by atoms with van der Waals surface area (Å²) in [7, 11) is 0. The van der Waals surface area contributed by atoms with Crippen LogP contribution in [0.1, 0.15) is 11.3 Å². The number of nitrogens with zero attached hydrogens (tertiary/aromatic N) is 3. The lowest BCUT2D eigenvalue weighted by Crippen LogP contribution is -2.61. The topological polar surface area (TPSA) is 31.4 Å². The zero-order chi connectivity index (χ0) is 12.4. The predicted octanol–water partition coefficient (Wildman–Crippen LogP) is 0.479. The van der Waals surface area contributed by atoms with E-state index in [4.69, 9.17) is 0 Å². The number of aryl methyl sites for hydroxylation is 1. The molecule has 3 rings (SSSR count). The molecule has 0 spiro atoms. The van der Waals surface area contributed by atoms with E-state index in [0.29, 0.717) is 0 Å². The molecule has 2 aliphatic rings. The second-order valence-corrected chi connectivity index (χ2v) is 5.45. The molecule has 0 aromatic carbocycles. The molecule has 1 aromatic rings. The monoisotopic (exact) mass is 246 g/mol. The molecule has 18 heavy (non-hydrogen) atoms. The Morgan fingerprint density at radius 1 is 1.22 bits per heavy atom. The van der Waals surface area contributed by atoms with Crippen LogP contribution >= 0.6 is 0 Å². The lowest BCUT2D eigenvalue weighted by Gasteiger charge is -2.43. The van der Waals surface area contributed by atoms with Gasteiger partial charge >= 0.3 is 0 Å². The fourth-order valence-corrected chi connectivity index (χ4v) is 2.64. The van der Waals surface area contributed by atoms with E-state index >= 15 is 0 Å². The van der Waals surface area contributed by atoms with E-state index in [1.807, 2.05) is 6.20 Å². The van der Waals surface area contributed by atoms with Crippen molar-refractivity contribution in [1.82, 2.24) is 20.1 Å². The maximum absolute atomic E-state index is 4.49. The Morgan fingerprint density at radius 3 is 2.56 bits per heavy atom. The minimum atomic E-state index is 0.796. The van der Waals surface area contributed by atoms with Gasteiger partial charge in [0, 0.05) is 58.1 Å². The lowest BCUT2D eigenvalue weighted by atomic mass is 10.1. The zero-order valence-corrected chi connectivity index (χ0v) is 11.1. The van der Waals surface area contributed by atoms with Crippen molar-refractivity contribution >= 4 is 0 Å². The molecule has 4 heteroatoms. The molecule has 4 nitrogen and oxygen atoms in total. The van der Waals surface area contributed by atoms with Gasteiger partial charge < -0.3 is 5.32 Å². The predicted molar refractivity (Wildman–Crippen MR) is 72.5 cm³/mol.